The van der Waals surface area contributed by atoms with Gasteiger partial charge in [-0.2, -0.15) is 0 Å². The molecule has 0 radical (unpaired) electrons. The summed E-state index contributed by atoms with van der Waals surface area (Å²) in [5.41, 5.74) is 2.45. The van der Waals surface area contributed by atoms with Crippen LogP contribution in [-0.2, 0) is 13.1 Å². The van der Waals surface area contributed by atoms with Crippen LogP contribution < -0.4 is 11.1 Å². The number of fused-ring (bicyclic) bond motifs is 1. The molecular formula is C28H28N2O3. The molecule has 0 fully saturated rings. The molecule has 5 heteroatoms. The van der Waals surface area contributed by atoms with Gasteiger partial charge in [0.15, 0.2) is 5.78 Å². The molecule has 0 aliphatic heterocycles. The van der Waals surface area contributed by atoms with Gasteiger partial charge in [0.05, 0.1) is 16.5 Å². The third-order valence-electron chi connectivity index (χ3n) is 5.96. The lowest BCUT2D eigenvalue weighted by Crippen LogP contribution is -2.32. The van der Waals surface area contributed by atoms with Crippen LogP contribution in [0.3, 0.4) is 0 Å². The Hall–Kier alpha value is -3.73. The maximum atomic E-state index is 13.8. The first-order chi connectivity index (χ1) is 16.0. The SMILES string of the molecule is CCCn1c(C)cc2c(c(-c3ccccc3)c(C(=O)c3ccccc3)c(=O)n2CCC)c1=O. The first-order valence-corrected chi connectivity index (χ1v) is 11.5. The Balaban J connectivity index is 2.25. The van der Waals surface area contributed by atoms with Crippen molar-refractivity contribution in [3.05, 3.63) is 104 Å². The highest BCUT2D eigenvalue weighted by molar-refractivity contribution is 6.16. The Labute approximate surface area is 192 Å². The van der Waals surface area contributed by atoms with Crippen LogP contribution in [0.4, 0.5) is 0 Å². The van der Waals surface area contributed by atoms with Gasteiger partial charge in [-0.25, -0.2) is 0 Å². The molecule has 0 unspecified atom stereocenters. The Morgan fingerprint density at radius 3 is 1.97 bits per heavy atom. The second-order valence-corrected chi connectivity index (χ2v) is 8.27. The summed E-state index contributed by atoms with van der Waals surface area (Å²) in [6.45, 7) is 6.89. The van der Waals surface area contributed by atoms with Crippen molar-refractivity contribution in [1.82, 2.24) is 9.13 Å². The van der Waals surface area contributed by atoms with Crippen molar-refractivity contribution in [1.29, 1.82) is 0 Å². The van der Waals surface area contributed by atoms with Gasteiger partial charge in [-0.05, 0) is 31.4 Å². The molecule has 0 amide bonds. The van der Waals surface area contributed by atoms with Gasteiger partial charge in [-0.3, -0.25) is 14.4 Å². The minimum atomic E-state index is -0.367. The van der Waals surface area contributed by atoms with Gasteiger partial charge in [-0.1, -0.05) is 74.5 Å². The second-order valence-electron chi connectivity index (χ2n) is 8.27. The predicted molar refractivity (Wildman–Crippen MR) is 133 cm³/mol. The fourth-order valence-corrected chi connectivity index (χ4v) is 4.46. The van der Waals surface area contributed by atoms with Crippen LogP contribution >= 0.6 is 0 Å². The number of carbonyl (C=O) groups excluding carboxylic acids is 1. The van der Waals surface area contributed by atoms with E-state index in [9.17, 15) is 14.4 Å². The normalized spacial score (nSPS) is 11.1. The molecule has 0 saturated carbocycles. The van der Waals surface area contributed by atoms with Crippen molar-refractivity contribution in [3.63, 3.8) is 0 Å². The predicted octanol–water partition coefficient (Wildman–Crippen LogP) is 5.19. The fourth-order valence-electron chi connectivity index (χ4n) is 4.46. The van der Waals surface area contributed by atoms with Crippen LogP contribution in [-0.4, -0.2) is 14.9 Å². The van der Waals surface area contributed by atoms with Gasteiger partial charge in [0, 0.05) is 29.9 Å². The molecule has 5 nitrogen and oxygen atoms in total. The quantitative estimate of drug-likeness (QED) is 0.372. The topological polar surface area (TPSA) is 61.1 Å². The Morgan fingerprint density at radius 1 is 0.788 bits per heavy atom. The van der Waals surface area contributed by atoms with Crippen LogP contribution in [0.5, 0.6) is 0 Å². The molecule has 2 aromatic carbocycles. The summed E-state index contributed by atoms with van der Waals surface area (Å²) in [5.74, 6) is -0.367. The van der Waals surface area contributed by atoms with Gasteiger partial charge in [0.1, 0.15) is 0 Å². The lowest BCUT2D eigenvalue weighted by Gasteiger charge is -2.20. The van der Waals surface area contributed by atoms with Crippen molar-refractivity contribution in [2.24, 2.45) is 0 Å². The van der Waals surface area contributed by atoms with Crippen molar-refractivity contribution in [3.8, 4) is 11.1 Å². The van der Waals surface area contributed by atoms with Gasteiger partial charge in [0.25, 0.3) is 11.1 Å². The summed E-state index contributed by atoms with van der Waals surface area (Å²) in [4.78, 5) is 41.4. The summed E-state index contributed by atoms with van der Waals surface area (Å²) in [5, 5.41) is 0.424. The number of hydrogen-bond donors (Lipinski definition) is 0. The zero-order chi connectivity index (χ0) is 23.5. The first-order valence-electron chi connectivity index (χ1n) is 11.5. The highest BCUT2D eigenvalue weighted by Crippen LogP contribution is 2.30. The molecular weight excluding hydrogens is 412 g/mol. The Bertz CT molecular complexity index is 1430. The standard InChI is InChI=1S/C28H28N2O3/c1-4-16-29-19(3)18-22-24(27(29)32)23(20-12-8-6-9-13-20)25(28(33)30(22)17-5-2)26(31)21-14-10-7-11-15-21/h6-15,18H,4-5,16-17H2,1-3H3. The molecule has 0 spiro atoms. The highest BCUT2D eigenvalue weighted by Gasteiger charge is 2.26. The van der Waals surface area contributed by atoms with E-state index in [1.165, 1.54) is 0 Å². The number of hydrogen-bond acceptors (Lipinski definition) is 3. The number of benzene rings is 2. The molecule has 4 rings (SSSR count). The third kappa shape index (κ3) is 3.95. The van der Waals surface area contributed by atoms with E-state index in [-0.39, 0.29) is 22.5 Å². The molecule has 0 saturated heterocycles. The van der Waals surface area contributed by atoms with Gasteiger partial charge in [-0.15, -0.1) is 0 Å². The summed E-state index contributed by atoms with van der Waals surface area (Å²) in [6.07, 6.45) is 1.51. The van der Waals surface area contributed by atoms with E-state index in [0.717, 1.165) is 12.1 Å². The van der Waals surface area contributed by atoms with E-state index in [2.05, 4.69) is 0 Å². The lowest BCUT2D eigenvalue weighted by atomic mass is 9.91. The molecule has 0 aliphatic rings. The van der Waals surface area contributed by atoms with Crippen LogP contribution in [0.15, 0.2) is 76.3 Å². The molecule has 2 heterocycles. The number of aryl methyl sites for hydroxylation is 2. The number of carbonyl (C=O) groups is 1. The molecule has 0 bridgehead atoms. The van der Waals surface area contributed by atoms with E-state index >= 15 is 0 Å². The number of nitrogens with zero attached hydrogens (tertiary/aromatic N) is 2. The summed E-state index contributed by atoms with van der Waals surface area (Å²) >= 11 is 0. The lowest BCUT2D eigenvalue weighted by molar-refractivity contribution is 0.103. The Morgan fingerprint density at radius 2 is 1.36 bits per heavy atom. The van der Waals surface area contributed by atoms with Crippen LogP contribution in [0.25, 0.3) is 22.0 Å². The van der Waals surface area contributed by atoms with Crippen molar-refractivity contribution in [2.45, 2.75) is 46.7 Å². The average Bonchev–Trinajstić information content (AvgIpc) is 2.84. The summed E-state index contributed by atoms with van der Waals surface area (Å²) < 4.78 is 3.34. The number of ketones is 1. The van der Waals surface area contributed by atoms with E-state index in [0.29, 0.717) is 47.1 Å². The van der Waals surface area contributed by atoms with Crippen molar-refractivity contribution < 1.29 is 4.79 Å². The summed E-state index contributed by atoms with van der Waals surface area (Å²) in [7, 11) is 0. The maximum absolute atomic E-state index is 13.8. The number of aromatic nitrogens is 2. The Kier molecular flexibility index (Phi) is 6.40. The molecule has 0 aliphatic carbocycles. The molecule has 33 heavy (non-hydrogen) atoms. The van der Waals surface area contributed by atoms with E-state index in [1.807, 2.05) is 63.2 Å². The zero-order valence-electron chi connectivity index (χ0n) is 19.3. The van der Waals surface area contributed by atoms with Crippen LogP contribution in [0.1, 0.15) is 48.3 Å². The average molecular weight is 441 g/mol. The van der Waals surface area contributed by atoms with Crippen LogP contribution in [0.2, 0.25) is 0 Å². The van der Waals surface area contributed by atoms with Crippen molar-refractivity contribution in [2.75, 3.05) is 0 Å². The second kappa shape index (κ2) is 9.41. The molecule has 2 aromatic heterocycles. The maximum Gasteiger partial charge on any atom is 0.262 e. The molecule has 0 atom stereocenters. The number of rotatable bonds is 7. The van der Waals surface area contributed by atoms with Crippen molar-refractivity contribution >= 4 is 16.7 Å². The van der Waals surface area contributed by atoms with Gasteiger partial charge in [0.2, 0.25) is 0 Å². The highest BCUT2D eigenvalue weighted by atomic mass is 16.2. The minimum Gasteiger partial charge on any atom is -0.312 e. The molecule has 4 aromatic rings. The third-order valence-corrected chi connectivity index (χ3v) is 5.96. The zero-order valence-corrected chi connectivity index (χ0v) is 19.3. The van der Waals surface area contributed by atoms with E-state index in [4.69, 9.17) is 0 Å². The monoisotopic (exact) mass is 440 g/mol. The van der Waals surface area contributed by atoms with Gasteiger partial charge < -0.3 is 9.13 Å². The van der Waals surface area contributed by atoms with Gasteiger partial charge >= 0.3 is 0 Å². The molecule has 168 valence electrons. The minimum absolute atomic E-state index is 0.0531. The smallest absolute Gasteiger partial charge is 0.262 e. The number of pyridine rings is 2. The van der Waals surface area contributed by atoms with Crippen LogP contribution in [0, 0.1) is 6.92 Å². The van der Waals surface area contributed by atoms with E-state index in [1.54, 1.807) is 33.4 Å². The first kappa shape index (κ1) is 22.5. The largest absolute Gasteiger partial charge is 0.312 e. The van der Waals surface area contributed by atoms with E-state index < -0.39 is 0 Å². The summed E-state index contributed by atoms with van der Waals surface area (Å²) in [6, 6.07) is 20.0. The molecule has 0 N–H and O–H groups in total. The fraction of sp³-hybridized carbons (Fsp3) is 0.250.